The van der Waals surface area contributed by atoms with Gasteiger partial charge in [-0.3, -0.25) is 4.90 Å². The molecule has 0 aromatic heterocycles. The third-order valence-corrected chi connectivity index (χ3v) is 2.63. The summed E-state index contributed by atoms with van der Waals surface area (Å²) in [5.74, 6) is -2.99. The van der Waals surface area contributed by atoms with Crippen molar-refractivity contribution < 1.29 is 23.4 Å². The largest absolute Gasteiger partial charge is 0.444 e. The molecule has 1 fully saturated rings. The van der Waals surface area contributed by atoms with Crippen LogP contribution in [0.3, 0.4) is 0 Å². The lowest BCUT2D eigenvalue weighted by Gasteiger charge is -2.31. The molecule has 0 aromatic carbocycles. The summed E-state index contributed by atoms with van der Waals surface area (Å²) in [4.78, 5) is 12.7. The maximum absolute atomic E-state index is 13.5. The van der Waals surface area contributed by atoms with Gasteiger partial charge in [0.1, 0.15) is 5.60 Å². The van der Waals surface area contributed by atoms with Gasteiger partial charge in [0.25, 0.3) is 5.92 Å². The van der Waals surface area contributed by atoms with Crippen LogP contribution >= 0.6 is 0 Å². The molecule has 4 nitrogen and oxygen atoms in total. The minimum atomic E-state index is -2.99. The predicted molar refractivity (Wildman–Crippen MR) is 62.6 cm³/mol. The van der Waals surface area contributed by atoms with Crippen molar-refractivity contribution in [1.82, 2.24) is 4.90 Å². The summed E-state index contributed by atoms with van der Waals surface area (Å²) in [7, 11) is 0. The molecule has 1 N–H and O–H groups in total. The normalized spacial score (nSPS) is 28.7. The number of halogens is 2. The molecule has 0 aromatic rings. The van der Waals surface area contributed by atoms with Gasteiger partial charge in [-0.15, -0.1) is 0 Å². The number of aliphatic hydroxyl groups is 1. The Balaban J connectivity index is 2.81. The van der Waals surface area contributed by atoms with E-state index in [1.807, 2.05) is 0 Å². The van der Waals surface area contributed by atoms with Crippen molar-refractivity contribution in [1.29, 1.82) is 0 Å². The molecule has 1 heterocycles. The number of alkyl halides is 2. The van der Waals surface area contributed by atoms with Gasteiger partial charge >= 0.3 is 6.09 Å². The van der Waals surface area contributed by atoms with Gasteiger partial charge in [-0.2, -0.15) is 0 Å². The Labute approximate surface area is 106 Å². The first-order chi connectivity index (χ1) is 7.90. The first-order valence-corrected chi connectivity index (χ1v) is 5.98. The molecule has 0 radical (unpaired) electrons. The molecule has 1 aliphatic heterocycles. The van der Waals surface area contributed by atoms with Gasteiger partial charge in [0.05, 0.1) is 18.7 Å². The SMILES string of the molecule is CC1(O)CCC(F)(F)CN(C(=O)OC(C)(C)C)C1. The fraction of sp³-hybridized carbons (Fsp3) is 0.917. The average molecular weight is 265 g/mol. The van der Waals surface area contributed by atoms with Crippen LogP contribution in [0.15, 0.2) is 0 Å². The summed E-state index contributed by atoms with van der Waals surface area (Å²) < 4.78 is 32.0. The fourth-order valence-electron chi connectivity index (χ4n) is 1.81. The second kappa shape index (κ2) is 4.64. The minimum absolute atomic E-state index is 0.0424. The Hall–Kier alpha value is -0.910. The van der Waals surface area contributed by atoms with Crippen molar-refractivity contribution in [3.63, 3.8) is 0 Å². The summed E-state index contributed by atoms with van der Waals surface area (Å²) >= 11 is 0. The third kappa shape index (κ3) is 4.76. The van der Waals surface area contributed by atoms with E-state index < -0.39 is 36.2 Å². The number of β-amino-alcohol motifs (C(OH)–C–C–N with tert-alkyl or cyclic N) is 1. The van der Waals surface area contributed by atoms with Crippen molar-refractivity contribution in [2.45, 2.75) is 57.7 Å². The topological polar surface area (TPSA) is 49.8 Å². The zero-order valence-corrected chi connectivity index (χ0v) is 11.3. The number of ether oxygens (including phenoxy) is 1. The predicted octanol–water partition coefficient (Wildman–Crippen LogP) is 2.40. The fourth-order valence-corrected chi connectivity index (χ4v) is 1.81. The van der Waals surface area contributed by atoms with Crippen LogP contribution in [0.5, 0.6) is 0 Å². The third-order valence-electron chi connectivity index (χ3n) is 2.63. The highest BCUT2D eigenvalue weighted by molar-refractivity contribution is 5.68. The van der Waals surface area contributed by atoms with Crippen molar-refractivity contribution in [2.24, 2.45) is 0 Å². The number of amides is 1. The van der Waals surface area contributed by atoms with Crippen LogP contribution < -0.4 is 0 Å². The molecule has 1 saturated heterocycles. The lowest BCUT2D eigenvalue weighted by Crippen LogP contribution is -2.46. The van der Waals surface area contributed by atoms with Crippen molar-refractivity contribution in [3.8, 4) is 0 Å². The van der Waals surface area contributed by atoms with Crippen LogP contribution in [0, 0.1) is 0 Å². The summed E-state index contributed by atoms with van der Waals surface area (Å²) in [6.07, 6.45) is -1.29. The van der Waals surface area contributed by atoms with Crippen LogP contribution in [0.2, 0.25) is 0 Å². The molecule has 1 aliphatic rings. The van der Waals surface area contributed by atoms with Crippen molar-refractivity contribution in [3.05, 3.63) is 0 Å². The lowest BCUT2D eigenvalue weighted by atomic mass is 10.00. The highest BCUT2D eigenvalue weighted by atomic mass is 19.3. The zero-order chi connectivity index (χ0) is 14.2. The van der Waals surface area contributed by atoms with Crippen LogP contribution in [0.25, 0.3) is 0 Å². The van der Waals surface area contributed by atoms with E-state index in [1.54, 1.807) is 20.8 Å². The molecule has 1 amide bonds. The number of nitrogens with zero attached hydrogens (tertiary/aromatic N) is 1. The first kappa shape index (κ1) is 15.1. The highest BCUT2D eigenvalue weighted by Crippen LogP contribution is 2.31. The zero-order valence-electron chi connectivity index (χ0n) is 11.3. The van der Waals surface area contributed by atoms with Gasteiger partial charge in [0.15, 0.2) is 0 Å². The molecule has 1 rings (SSSR count). The number of rotatable bonds is 0. The molecular formula is C12H21F2NO3. The van der Waals surface area contributed by atoms with Gasteiger partial charge < -0.3 is 9.84 Å². The highest BCUT2D eigenvalue weighted by Gasteiger charge is 2.43. The summed E-state index contributed by atoms with van der Waals surface area (Å²) in [6.45, 7) is 5.60. The van der Waals surface area contributed by atoms with E-state index in [4.69, 9.17) is 4.74 Å². The van der Waals surface area contributed by atoms with Crippen LogP contribution in [-0.2, 0) is 4.74 Å². The molecule has 0 saturated carbocycles. The Kier molecular flexibility index (Phi) is 3.91. The second-order valence-electron chi connectivity index (χ2n) is 6.19. The molecule has 6 heteroatoms. The maximum atomic E-state index is 13.5. The Morgan fingerprint density at radius 3 is 2.33 bits per heavy atom. The Morgan fingerprint density at radius 1 is 1.28 bits per heavy atom. The molecule has 1 atom stereocenters. The van der Waals surface area contributed by atoms with Crippen LogP contribution in [0.1, 0.15) is 40.5 Å². The molecular weight excluding hydrogens is 244 g/mol. The summed E-state index contributed by atoms with van der Waals surface area (Å²) in [5, 5.41) is 9.92. The number of carbonyl (C=O) groups is 1. The minimum Gasteiger partial charge on any atom is -0.444 e. The average Bonchev–Trinajstić information content (AvgIpc) is 2.20. The number of hydrogen-bond acceptors (Lipinski definition) is 3. The van der Waals surface area contributed by atoms with E-state index in [1.165, 1.54) is 6.92 Å². The van der Waals surface area contributed by atoms with E-state index in [-0.39, 0.29) is 13.0 Å². The molecule has 106 valence electrons. The quantitative estimate of drug-likeness (QED) is 0.731. The molecule has 18 heavy (non-hydrogen) atoms. The van der Waals surface area contributed by atoms with E-state index in [0.29, 0.717) is 0 Å². The van der Waals surface area contributed by atoms with Gasteiger partial charge in [-0.1, -0.05) is 0 Å². The van der Waals surface area contributed by atoms with Crippen LogP contribution in [0.4, 0.5) is 13.6 Å². The molecule has 0 spiro atoms. The standard InChI is InChI=1S/C12H21F2NO3/c1-10(2,3)18-9(16)15-7-11(4,17)5-6-12(13,14)8-15/h17H,5-8H2,1-4H3. The molecule has 0 bridgehead atoms. The lowest BCUT2D eigenvalue weighted by molar-refractivity contribution is -0.0393. The number of likely N-dealkylation sites (tertiary alicyclic amines) is 1. The van der Waals surface area contributed by atoms with E-state index >= 15 is 0 Å². The van der Waals surface area contributed by atoms with Crippen LogP contribution in [-0.4, -0.2) is 46.3 Å². The maximum Gasteiger partial charge on any atom is 0.410 e. The molecule has 0 aliphatic carbocycles. The van der Waals surface area contributed by atoms with Gasteiger partial charge in [0.2, 0.25) is 0 Å². The van der Waals surface area contributed by atoms with E-state index in [2.05, 4.69) is 0 Å². The smallest absolute Gasteiger partial charge is 0.410 e. The summed E-state index contributed by atoms with van der Waals surface area (Å²) in [5.41, 5.74) is -2.05. The van der Waals surface area contributed by atoms with Gasteiger partial charge in [-0.25, -0.2) is 13.6 Å². The summed E-state index contributed by atoms with van der Waals surface area (Å²) in [6, 6.07) is 0. The Bertz CT molecular complexity index is 306. The molecule has 1 unspecified atom stereocenters. The van der Waals surface area contributed by atoms with Gasteiger partial charge in [0, 0.05) is 6.42 Å². The second-order valence-corrected chi connectivity index (χ2v) is 6.19. The Morgan fingerprint density at radius 2 is 1.83 bits per heavy atom. The van der Waals surface area contributed by atoms with Gasteiger partial charge in [-0.05, 0) is 34.1 Å². The van der Waals surface area contributed by atoms with E-state index in [0.717, 1.165) is 4.90 Å². The first-order valence-electron chi connectivity index (χ1n) is 5.98. The number of hydrogen-bond donors (Lipinski definition) is 1. The van der Waals surface area contributed by atoms with Crippen molar-refractivity contribution >= 4 is 6.09 Å². The van der Waals surface area contributed by atoms with Crippen molar-refractivity contribution in [2.75, 3.05) is 13.1 Å². The monoisotopic (exact) mass is 265 g/mol. The van der Waals surface area contributed by atoms with E-state index in [9.17, 15) is 18.7 Å². The number of carbonyl (C=O) groups excluding carboxylic acids is 1.